The molecular weight excluding hydrogens is 212 g/mol. The lowest BCUT2D eigenvalue weighted by Gasteiger charge is -2.30. The second-order valence-corrected chi connectivity index (χ2v) is 4.42. The third kappa shape index (κ3) is 3.12. The van der Waals surface area contributed by atoms with Crippen LogP contribution in [-0.4, -0.2) is 19.0 Å². The van der Waals surface area contributed by atoms with Crippen LogP contribution < -0.4 is 16.4 Å². The van der Waals surface area contributed by atoms with Crippen LogP contribution in [0.4, 0.5) is 5.69 Å². The van der Waals surface area contributed by atoms with Gasteiger partial charge in [0.2, 0.25) is 0 Å². The van der Waals surface area contributed by atoms with Crippen LogP contribution in [0.1, 0.15) is 24.8 Å². The number of hydrogen-bond donors (Lipinski definition) is 2. The number of anilines is 1. The van der Waals surface area contributed by atoms with E-state index in [2.05, 4.69) is 28.1 Å². The van der Waals surface area contributed by atoms with E-state index in [1.165, 1.54) is 30.5 Å². The van der Waals surface area contributed by atoms with Gasteiger partial charge in [-0.2, -0.15) is 0 Å². The zero-order valence-corrected chi connectivity index (χ0v) is 10.1. The molecule has 4 nitrogen and oxygen atoms in total. The number of nitrogens with two attached hydrogens (primary N) is 2. The van der Waals surface area contributed by atoms with Crippen LogP contribution in [0.5, 0.6) is 0 Å². The van der Waals surface area contributed by atoms with Gasteiger partial charge in [-0.1, -0.05) is 18.2 Å². The summed E-state index contributed by atoms with van der Waals surface area (Å²) in [4.78, 5) is 6.53. The van der Waals surface area contributed by atoms with E-state index in [0.717, 1.165) is 13.1 Å². The van der Waals surface area contributed by atoms with E-state index in [4.69, 9.17) is 11.5 Å². The van der Waals surface area contributed by atoms with Gasteiger partial charge < -0.3 is 16.4 Å². The van der Waals surface area contributed by atoms with Crippen molar-refractivity contribution >= 4 is 11.6 Å². The molecule has 1 heterocycles. The van der Waals surface area contributed by atoms with Crippen LogP contribution >= 0.6 is 0 Å². The van der Waals surface area contributed by atoms with Crippen LogP contribution in [0.2, 0.25) is 0 Å². The lowest BCUT2D eigenvalue weighted by molar-refractivity contribution is 0.576. The number of guanidine groups is 1. The zero-order valence-electron chi connectivity index (χ0n) is 10.1. The van der Waals surface area contributed by atoms with Gasteiger partial charge in [0, 0.05) is 18.8 Å². The Kier molecular flexibility index (Phi) is 3.85. The highest BCUT2D eigenvalue weighted by molar-refractivity contribution is 5.75. The molecule has 0 radical (unpaired) electrons. The van der Waals surface area contributed by atoms with Crippen LogP contribution in [0, 0.1) is 0 Å². The smallest absolute Gasteiger partial charge is 0.186 e. The van der Waals surface area contributed by atoms with Crippen molar-refractivity contribution in [2.75, 3.05) is 18.0 Å². The first-order valence-corrected chi connectivity index (χ1v) is 6.15. The first kappa shape index (κ1) is 11.8. The summed E-state index contributed by atoms with van der Waals surface area (Å²) in [7, 11) is 0. The van der Waals surface area contributed by atoms with Gasteiger partial charge in [-0.15, -0.1) is 0 Å². The topological polar surface area (TPSA) is 67.6 Å². The van der Waals surface area contributed by atoms with Crippen molar-refractivity contribution < 1.29 is 0 Å². The fourth-order valence-corrected chi connectivity index (χ4v) is 2.26. The molecule has 1 aliphatic rings. The molecule has 0 bridgehead atoms. The molecule has 0 saturated carbocycles. The maximum Gasteiger partial charge on any atom is 0.186 e. The fraction of sp³-hybridized carbons (Fsp3) is 0.462. The lowest BCUT2D eigenvalue weighted by Crippen LogP contribution is -2.30. The summed E-state index contributed by atoms with van der Waals surface area (Å²) >= 11 is 0. The third-order valence-electron chi connectivity index (χ3n) is 3.12. The largest absolute Gasteiger partial charge is 0.371 e. The van der Waals surface area contributed by atoms with Crippen LogP contribution in [0.15, 0.2) is 29.3 Å². The quantitative estimate of drug-likeness (QED) is 0.612. The van der Waals surface area contributed by atoms with Gasteiger partial charge in [0.1, 0.15) is 0 Å². The molecule has 1 aromatic rings. The Labute approximate surface area is 102 Å². The Morgan fingerprint density at radius 2 is 1.82 bits per heavy atom. The Morgan fingerprint density at radius 3 is 2.53 bits per heavy atom. The van der Waals surface area contributed by atoms with Crippen LogP contribution in [-0.2, 0) is 6.54 Å². The molecule has 92 valence electrons. The Balaban J connectivity index is 2.17. The summed E-state index contributed by atoms with van der Waals surface area (Å²) in [6.45, 7) is 2.84. The Bertz CT molecular complexity index is 390. The van der Waals surface area contributed by atoms with Crippen molar-refractivity contribution in [3.63, 3.8) is 0 Å². The molecule has 2 rings (SSSR count). The van der Waals surface area contributed by atoms with Gasteiger partial charge in [0.25, 0.3) is 0 Å². The van der Waals surface area contributed by atoms with E-state index in [0.29, 0.717) is 6.54 Å². The fourth-order valence-electron chi connectivity index (χ4n) is 2.26. The maximum atomic E-state index is 5.38. The molecule has 0 aromatic heterocycles. The van der Waals surface area contributed by atoms with Gasteiger partial charge in [-0.05, 0) is 30.9 Å². The number of aliphatic imine (C=N–C) groups is 1. The number of rotatable bonds is 3. The van der Waals surface area contributed by atoms with E-state index in [1.807, 2.05) is 6.07 Å². The summed E-state index contributed by atoms with van der Waals surface area (Å²) in [6.07, 6.45) is 3.89. The number of nitrogens with zero attached hydrogens (tertiary/aromatic N) is 2. The molecule has 4 heteroatoms. The van der Waals surface area contributed by atoms with Crippen LogP contribution in [0.3, 0.4) is 0 Å². The molecule has 1 fully saturated rings. The highest BCUT2D eigenvalue weighted by Gasteiger charge is 2.13. The second kappa shape index (κ2) is 5.57. The first-order chi connectivity index (χ1) is 8.27. The van der Waals surface area contributed by atoms with Crippen LogP contribution in [0.25, 0.3) is 0 Å². The molecule has 1 saturated heterocycles. The molecule has 4 N–H and O–H groups in total. The third-order valence-corrected chi connectivity index (χ3v) is 3.12. The highest BCUT2D eigenvalue weighted by Crippen LogP contribution is 2.24. The molecule has 0 amide bonds. The average Bonchev–Trinajstić information content (AvgIpc) is 2.38. The second-order valence-electron chi connectivity index (χ2n) is 4.42. The lowest BCUT2D eigenvalue weighted by atomic mass is 10.1. The van der Waals surface area contributed by atoms with Crippen molar-refractivity contribution in [3.05, 3.63) is 29.8 Å². The molecule has 17 heavy (non-hydrogen) atoms. The van der Waals surface area contributed by atoms with Gasteiger partial charge in [-0.3, -0.25) is 0 Å². The standard InChI is InChI=1S/C13H20N4/c14-13(15)16-10-11-6-2-3-7-12(11)17-8-4-1-5-9-17/h2-3,6-7H,1,4-5,8-10H2,(H4,14,15,16). The van der Waals surface area contributed by atoms with Crippen molar-refractivity contribution in [1.82, 2.24) is 0 Å². The van der Waals surface area contributed by atoms with Gasteiger partial charge in [0.05, 0.1) is 6.54 Å². The first-order valence-electron chi connectivity index (χ1n) is 6.15. The van der Waals surface area contributed by atoms with E-state index in [-0.39, 0.29) is 5.96 Å². The summed E-state index contributed by atoms with van der Waals surface area (Å²) < 4.78 is 0. The Hall–Kier alpha value is -1.71. The maximum absolute atomic E-state index is 5.38. The zero-order chi connectivity index (χ0) is 12.1. The highest BCUT2D eigenvalue weighted by atomic mass is 15.1. The van der Waals surface area contributed by atoms with E-state index in [9.17, 15) is 0 Å². The van der Waals surface area contributed by atoms with Crippen molar-refractivity contribution in [2.24, 2.45) is 16.5 Å². The molecule has 1 aromatic carbocycles. The number of para-hydroxylation sites is 1. The normalized spacial score (nSPS) is 15.6. The van der Waals surface area contributed by atoms with Gasteiger partial charge in [0.15, 0.2) is 5.96 Å². The molecular formula is C13H20N4. The predicted molar refractivity (Wildman–Crippen MR) is 72.0 cm³/mol. The number of hydrogen-bond acceptors (Lipinski definition) is 2. The summed E-state index contributed by atoms with van der Waals surface area (Å²) in [6, 6.07) is 8.35. The summed E-state index contributed by atoms with van der Waals surface area (Å²) in [5, 5.41) is 0. The minimum atomic E-state index is 0.151. The predicted octanol–water partition coefficient (Wildman–Crippen LogP) is 1.45. The van der Waals surface area contributed by atoms with Crippen molar-refractivity contribution in [1.29, 1.82) is 0 Å². The van der Waals surface area contributed by atoms with Gasteiger partial charge >= 0.3 is 0 Å². The van der Waals surface area contributed by atoms with Crippen molar-refractivity contribution in [3.8, 4) is 0 Å². The number of piperidine rings is 1. The summed E-state index contributed by atoms with van der Waals surface area (Å²) in [5.41, 5.74) is 13.2. The molecule has 0 aliphatic carbocycles. The number of benzene rings is 1. The Morgan fingerprint density at radius 1 is 1.12 bits per heavy atom. The monoisotopic (exact) mass is 232 g/mol. The SMILES string of the molecule is NC(N)=NCc1ccccc1N1CCCCC1. The van der Waals surface area contributed by atoms with Crippen molar-refractivity contribution in [2.45, 2.75) is 25.8 Å². The van der Waals surface area contributed by atoms with E-state index < -0.39 is 0 Å². The molecule has 1 aliphatic heterocycles. The van der Waals surface area contributed by atoms with Gasteiger partial charge in [-0.25, -0.2) is 4.99 Å². The molecule has 0 spiro atoms. The van der Waals surface area contributed by atoms with E-state index in [1.54, 1.807) is 0 Å². The average molecular weight is 232 g/mol. The molecule has 0 unspecified atom stereocenters. The minimum absolute atomic E-state index is 0.151. The molecule has 0 atom stereocenters. The minimum Gasteiger partial charge on any atom is -0.371 e. The van der Waals surface area contributed by atoms with E-state index >= 15 is 0 Å². The summed E-state index contributed by atoms with van der Waals surface area (Å²) in [5.74, 6) is 0.151.